The van der Waals surface area contributed by atoms with Crippen LogP contribution in [0.5, 0.6) is 0 Å². The van der Waals surface area contributed by atoms with E-state index in [0.29, 0.717) is 19.3 Å². The van der Waals surface area contributed by atoms with Crippen LogP contribution in [0, 0.1) is 17.8 Å². The highest BCUT2D eigenvalue weighted by atomic mass is 16.5. The second-order valence-electron chi connectivity index (χ2n) is 14.2. The first-order valence-electron chi connectivity index (χ1n) is 18.4. The summed E-state index contributed by atoms with van der Waals surface area (Å²) >= 11 is 0. The number of cyclic esters (lactones) is 1. The number of carbonyl (C=O) groups is 6. The first-order chi connectivity index (χ1) is 23.0. The van der Waals surface area contributed by atoms with Gasteiger partial charge in [0.05, 0.1) is 12.0 Å². The molecule has 282 valence electrons. The summed E-state index contributed by atoms with van der Waals surface area (Å²) in [5.41, 5.74) is 0. The molecule has 0 aromatic heterocycles. The number of hydrogen-bond donors (Lipinski definition) is 5. The lowest BCUT2D eigenvalue weighted by molar-refractivity contribution is -0.157. The van der Waals surface area contributed by atoms with Crippen LogP contribution in [0.4, 0.5) is 0 Å². The standard InChI is InChI=1S/C36H65N5O8/c1-10-12-13-14-15-16-17-18-19-28-24(6)36(48)41(9)27(20-22(3)4)33(45)39-30(23(5)11-2)35(47)38-25(7)32(44)40-31(26(8)42)34(46)37-21-29(43)49-28/h22-28,30-31,42H,10-21H2,1-9H3,(H,37,46)(H,38,47)(H,39,45)(H,40,44)/t23-,24+,25-,26-,27-,28+,30-,31-/m0/s1. The number of esters is 1. The molecule has 0 unspecified atom stereocenters. The first kappa shape index (κ1) is 43.8. The zero-order chi connectivity index (χ0) is 37.3. The minimum Gasteiger partial charge on any atom is -0.460 e. The average molecular weight is 696 g/mol. The molecule has 1 rings (SSSR count). The molecule has 8 atom stereocenters. The van der Waals surface area contributed by atoms with E-state index < -0.39 is 78.4 Å². The van der Waals surface area contributed by atoms with E-state index in [1.54, 1.807) is 20.9 Å². The quantitative estimate of drug-likeness (QED) is 0.136. The maximum atomic E-state index is 14.0. The molecule has 0 bridgehead atoms. The minimum atomic E-state index is -1.43. The summed E-state index contributed by atoms with van der Waals surface area (Å²) in [6, 6.07) is -4.49. The molecule has 0 aromatic carbocycles. The van der Waals surface area contributed by atoms with Gasteiger partial charge in [-0.25, -0.2) is 0 Å². The molecule has 49 heavy (non-hydrogen) atoms. The Labute approximate surface area is 293 Å². The summed E-state index contributed by atoms with van der Waals surface area (Å²) in [6.45, 7) is 13.6. The molecule has 0 spiro atoms. The highest BCUT2D eigenvalue weighted by molar-refractivity contribution is 5.96. The van der Waals surface area contributed by atoms with E-state index in [1.165, 1.54) is 38.0 Å². The fourth-order valence-electron chi connectivity index (χ4n) is 5.90. The molecule has 0 saturated carbocycles. The Balaban J connectivity index is 3.46. The van der Waals surface area contributed by atoms with Crippen LogP contribution >= 0.6 is 0 Å². The van der Waals surface area contributed by atoms with Crippen molar-refractivity contribution in [1.29, 1.82) is 0 Å². The molecule has 5 N–H and O–H groups in total. The number of nitrogens with zero attached hydrogens (tertiary/aromatic N) is 1. The number of aliphatic hydroxyl groups is 1. The monoisotopic (exact) mass is 695 g/mol. The maximum absolute atomic E-state index is 14.0. The zero-order valence-corrected chi connectivity index (χ0v) is 31.4. The number of unbranched alkanes of at least 4 members (excludes halogenated alkanes) is 7. The molecule has 1 aliphatic rings. The smallest absolute Gasteiger partial charge is 0.325 e. The number of likely N-dealkylation sites (N-methyl/N-ethyl adjacent to an activating group) is 1. The second-order valence-corrected chi connectivity index (χ2v) is 14.2. The van der Waals surface area contributed by atoms with E-state index >= 15 is 0 Å². The fourth-order valence-corrected chi connectivity index (χ4v) is 5.90. The summed E-state index contributed by atoms with van der Waals surface area (Å²) in [5, 5.41) is 20.6. The number of aliphatic hydroxyl groups excluding tert-OH is 1. The van der Waals surface area contributed by atoms with Crippen LogP contribution in [-0.2, 0) is 33.5 Å². The fraction of sp³-hybridized carbons (Fsp3) is 0.833. The van der Waals surface area contributed by atoms with Crippen molar-refractivity contribution in [2.24, 2.45) is 17.8 Å². The number of hydrogen-bond acceptors (Lipinski definition) is 8. The Morgan fingerprint density at radius 3 is 1.90 bits per heavy atom. The van der Waals surface area contributed by atoms with Crippen LogP contribution < -0.4 is 21.3 Å². The lowest BCUT2D eigenvalue weighted by Gasteiger charge is -2.34. The van der Waals surface area contributed by atoms with Gasteiger partial charge < -0.3 is 36.0 Å². The predicted octanol–water partition coefficient (Wildman–Crippen LogP) is 2.97. The lowest BCUT2D eigenvalue weighted by atomic mass is 9.94. The number of nitrogens with one attached hydrogen (secondary N) is 4. The van der Waals surface area contributed by atoms with Gasteiger partial charge in [-0.15, -0.1) is 0 Å². The Kier molecular flexibility index (Phi) is 20.1. The summed E-state index contributed by atoms with van der Waals surface area (Å²) in [5.74, 6) is -4.93. The van der Waals surface area contributed by atoms with Crippen LogP contribution in [0.3, 0.4) is 0 Å². The topological polar surface area (TPSA) is 183 Å². The third-order valence-corrected chi connectivity index (χ3v) is 9.40. The molecule has 1 fully saturated rings. The van der Waals surface area contributed by atoms with E-state index in [1.807, 2.05) is 20.8 Å². The molecule has 13 heteroatoms. The second kappa shape index (κ2) is 22.5. The summed E-state index contributed by atoms with van der Waals surface area (Å²) in [6.07, 6.45) is 7.63. The van der Waals surface area contributed by atoms with Gasteiger partial charge in [0.2, 0.25) is 29.5 Å². The van der Waals surface area contributed by atoms with Crippen LogP contribution in [0.15, 0.2) is 0 Å². The largest absolute Gasteiger partial charge is 0.460 e. The normalized spacial score (nSPS) is 26.8. The van der Waals surface area contributed by atoms with E-state index in [9.17, 15) is 33.9 Å². The Morgan fingerprint density at radius 1 is 0.776 bits per heavy atom. The van der Waals surface area contributed by atoms with Gasteiger partial charge in [0, 0.05) is 7.05 Å². The zero-order valence-electron chi connectivity index (χ0n) is 31.4. The third-order valence-electron chi connectivity index (χ3n) is 9.40. The summed E-state index contributed by atoms with van der Waals surface area (Å²) in [4.78, 5) is 81.8. The van der Waals surface area contributed by atoms with Crippen molar-refractivity contribution in [3.05, 3.63) is 0 Å². The number of carbonyl (C=O) groups excluding carboxylic acids is 6. The van der Waals surface area contributed by atoms with Gasteiger partial charge >= 0.3 is 5.97 Å². The molecule has 0 aliphatic carbocycles. The lowest BCUT2D eigenvalue weighted by Crippen LogP contribution is -2.60. The number of ether oxygens (including phenoxy) is 1. The van der Waals surface area contributed by atoms with E-state index in [4.69, 9.17) is 4.74 Å². The first-order valence-corrected chi connectivity index (χ1v) is 18.4. The Morgan fingerprint density at radius 2 is 1.35 bits per heavy atom. The molecule has 0 aromatic rings. The van der Waals surface area contributed by atoms with Crippen molar-refractivity contribution in [2.75, 3.05) is 13.6 Å². The number of rotatable bonds is 14. The third kappa shape index (κ3) is 15.1. The van der Waals surface area contributed by atoms with Crippen LogP contribution in [0.25, 0.3) is 0 Å². The van der Waals surface area contributed by atoms with Crippen LogP contribution in [-0.4, -0.2) is 95.5 Å². The summed E-state index contributed by atoms with van der Waals surface area (Å²) < 4.78 is 5.80. The van der Waals surface area contributed by atoms with Gasteiger partial charge in [-0.3, -0.25) is 28.8 Å². The van der Waals surface area contributed by atoms with Crippen LogP contribution in [0.1, 0.15) is 126 Å². The van der Waals surface area contributed by atoms with Gasteiger partial charge in [-0.1, -0.05) is 92.9 Å². The molecular weight excluding hydrogens is 630 g/mol. The maximum Gasteiger partial charge on any atom is 0.325 e. The van der Waals surface area contributed by atoms with Crippen molar-refractivity contribution in [3.8, 4) is 0 Å². The van der Waals surface area contributed by atoms with Crippen molar-refractivity contribution in [1.82, 2.24) is 26.2 Å². The van der Waals surface area contributed by atoms with Crippen molar-refractivity contribution in [2.45, 2.75) is 162 Å². The van der Waals surface area contributed by atoms with Crippen molar-refractivity contribution in [3.63, 3.8) is 0 Å². The highest BCUT2D eigenvalue weighted by Crippen LogP contribution is 2.22. The molecule has 1 heterocycles. The van der Waals surface area contributed by atoms with Gasteiger partial charge in [0.15, 0.2) is 0 Å². The molecular formula is C36H65N5O8. The van der Waals surface area contributed by atoms with E-state index in [2.05, 4.69) is 28.2 Å². The highest BCUT2D eigenvalue weighted by Gasteiger charge is 2.38. The van der Waals surface area contributed by atoms with E-state index in [0.717, 1.165) is 32.1 Å². The molecule has 1 saturated heterocycles. The Bertz CT molecular complexity index is 1080. The molecule has 5 amide bonds. The van der Waals surface area contributed by atoms with Crippen molar-refractivity contribution < 1.29 is 38.6 Å². The van der Waals surface area contributed by atoms with Crippen LogP contribution in [0.2, 0.25) is 0 Å². The molecule has 0 radical (unpaired) electrons. The molecule has 1 aliphatic heterocycles. The Hall–Kier alpha value is -3.22. The minimum absolute atomic E-state index is 0.0268. The summed E-state index contributed by atoms with van der Waals surface area (Å²) in [7, 11) is 1.55. The van der Waals surface area contributed by atoms with Gasteiger partial charge in [-0.05, 0) is 44.9 Å². The average Bonchev–Trinajstić information content (AvgIpc) is 3.05. The van der Waals surface area contributed by atoms with Gasteiger partial charge in [-0.2, -0.15) is 0 Å². The van der Waals surface area contributed by atoms with Crippen molar-refractivity contribution >= 4 is 35.5 Å². The molecule has 13 nitrogen and oxygen atoms in total. The van der Waals surface area contributed by atoms with Gasteiger partial charge in [0.1, 0.15) is 36.8 Å². The predicted molar refractivity (Wildman–Crippen MR) is 188 cm³/mol. The SMILES string of the molecule is CCCCCCCCCC[C@H]1OC(=O)CNC(=O)[C@H]([C@H](C)O)NC(=O)[C@H](C)NC(=O)[C@H]([C@@H](C)CC)NC(=O)[C@H](CC(C)C)N(C)C(=O)[C@@H]1C. The van der Waals surface area contributed by atoms with E-state index in [-0.39, 0.29) is 17.7 Å². The van der Waals surface area contributed by atoms with Gasteiger partial charge in [0.25, 0.3) is 0 Å². The number of amides is 5.